The summed E-state index contributed by atoms with van der Waals surface area (Å²) in [6.07, 6.45) is 18.5. The van der Waals surface area contributed by atoms with E-state index in [0.717, 1.165) is 0 Å². The van der Waals surface area contributed by atoms with E-state index in [2.05, 4.69) is 20.1 Å². The maximum absolute atomic E-state index is 2.52. The molecule has 0 radical (unpaired) electrons. The third-order valence-corrected chi connectivity index (χ3v) is 5.70. The lowest BCUT2D eigenvalue weighted by Crippen LogP contribution is -1.94. The van der Waals surface area contributed by atoms with E-state index in [4.69, 9.17) is 0 Å². The molecule has 1 atom stereocenters. The highest BCUT2D eigenvalue weighted by Crippen LogP contribution is 2.24. The molecule has 0 amide bonds. The van der Waals surface area contributed by atoms with Gasteiger partial charge in [0.2, 0.25) is 0 Å². The quantitative estimate of drug-likeness (QED) is 0.307. The van der Waals surface area contributed by atoms with Crippen LogP contribution < -0.4 is 0 Å². The van der Waals surface area contributed by atoms with Gasteiger partial charge in [0.25, 0.3) is 0 Å². The Kier molecular flexibility index (Phi) is 14.7. The minimum absolute atomic E-state index is 0.374. The second-order valence-corrected chi connectivity index (χ2v) is 8.09. The monoisotopic (exact) mass is 260 g/mol. The molecular weight excluding hydrogens is 224 g/mol. The van der Waals surface area contributed by atoms with Crippen molar-refractivity contribution in [2.45, 2.75) is 84.5 Å². The Morgan fingerprint density at radius 1 is 0.529 bits per heavy atom. The summed E-state index contributed by atoms with van der Waals surface area (Å²) < 4.78 is 0. The Bertz CT molecular complexity index is 133. The minimum atomic E-state index is 0.374. The van der Waals surface area contributed by atoms with Crippen molar-refractivity contribution in [2.24, 2.45) is 0 Å². The van der Waals surface area contributed by atoms with E-state index in [1.165, 1.54) is 82.1 Å². The third kappa shape index (κ3) is 14.3. The van der Waals surface area contributed by atoms with Gasteiger partial charge < -0.3 is 0 Å². The molecule has 0 spiro atoms. The van der Waals surface area contributed by atoms with Gasteiger partial charge in [-0.3, -0.25) is 10.9 Å². The van der Waals surface area contributed by atoms with Crippen molar-refractivity contribution in [1.29, 1.82) is 0 Å². The summed E-state index contributed by atoms with van der Waals surface area (Å²) in [7, 11) is 0.374. The minimum Gasteiger partial charge on any atom is -0.256 e. The fraction of sp³-hybridized carbons (Fsp3) is 1.00. The summed E-state index contributed by atoms with van der Waals surface area (Å²) in [5.74, 6) is 3.07. The highest BCUT2D eigenvalue weighted by molar-refractivity contribution is 8.16. The fourth-order valence-corrected chi connectivity index (χ4v) is 4.01. The second-order valence-electron chi connectivity index (χ2n) is 5.49. The predicted molar refractivity (Wildman–Crippen MR) is 86.8 cm³/mol. The first-order valence-electron chi connectivity index (χ1n) is 7.99. The average Bonchev–Trinajstić information content (AvgIpc) is 2.33. The van der Waals surface area contributed by atoms with E-state index in [0.29, 0.717) is 10.9 Å². The molecular formula is C16H36S. The highest BCUT2D eigenvalue weighted by Gasteiger charge is 1.98. The first-order chi connectivity index (χ1) is 8.31. The molecule has 0 fully saturated rings. The SMILES string of the molecule is CCCCCCCC[SH](C)CCCCCCC. The topological polar surface area (TPSA) is 0 Å². The second kappa shape index (κ2) is 14.4. The van der Waals surface area contributed by atoms with Gasteiger partial charge in [-0.05, 0) is 30.6 Å². The average molecular weight is 261 g/mol. The van der Waals surface area contributed by atoms with Crippen LogP contribution in [0.2, 0.25) is 0 Å². The smallest absolute Gasteiger partial charge is 0.0255 e. The summed E-state index contributed by atoms with van der Waals surface area (Å²) in [6, 6.07) is 0. The Morgan fingerprint density at radius 3 is 1.29 bits per heavy atom. The fourth-order valence-electron chi connectivity index (χ4n) is 2.26. The molecule has 0 nitrogen and oxygen atoms in total. The van der Waals surface area contributed by atoms with Gasteiger partial charge in [0.1, 0.15) is 0 Å². The largest absolute Gasteiger partial charge is 0.256 e. The van der Waals surface area contributed by atoms with Gasteiger partial charge in [-0.2, -0.15) is 0 Å². The van der Waals surface area contributed by atoms with Gasteiger partial charge in [-0.1, -0.05) is 71.6 Å². The zero-order valence-corrected chi connectivity index (χ0v) is 13.5. The predicted octanol–water partition coefficient (Wildman–Crippen LogP) is 5.95. The summed E-state index contributed by atoms with van der Waals surface area (Å²) in [5, 5.41) is 0. The van der Waals surface area contributed by atoms with Crippen LogP contribution in [0.1, 0.15) is 84.5 Å². The molecule has 0 saturated heterocycles. The van der Waals surface area contributed by atoms with Crippen LogP contribution in [0.15, 0.2) is 0 Å². The Morgan fingerprint density at radius 2 is 0.882 bits per heavy atom. The summed E-state index contributed by atoms with van der Waals surface area (Å²) in [6.45, 7) is 4.59. The molecule has 0 aromatic heterocycles. The van der Waals surface area contributed by atoms with Crippen molar-refractivity contribution < 1.29 is 0 Å². The normalized spacial score (nSPS) is 13.9. The van der Waals surface area contributed by atoms with Crippen molar-refractivity contribution >= 4 is 10.9 Å². The number of hydrogen-bond donors (Lipinski definition) is 1. The molecule has 0 saturated carbocycles. The lowest BCUT2D eigenvalue weighted by Gasteiger charge is -2.15. The molecule has 17 heavy (non-hydrogen) atoms. The molecule has 0 rings (SSSR count). The number of hydrogen-bond acceptors (Lipinski definition) is 0. The van der Waals surface area contributed by atoms with E-state index in [1.807, 2.05) is 0 Å². The van der Waals surface area contributed by atoms with Gasteiger partial charge in [-0.15, -0.1) is 0 Å². The zero-order chi connectivity index (χ0) is 12.8. The van der Waals surface area contributed by atoms with Crippen molar-refractivity contribution in [3.8, 4) is 0 Å². The zero-order valence-electron chi connectivity index (χ0n) is 12.6. The molecule has 0 aliphatic carbocycles. The first-order valence-corrected chi connectivity index (χ1v) is 10.2. The molecule has 1 heteroatoms. The molecule has 1 unspecified atom stereocenters. The third-order valence-electron chi connectivity index (χ3n) is 3.54. The van der Waals surface area contributed by atoms with E-state index in [1.54, 1.807) is 0 Å². The molecule has 0 aliphatic heterocycles. The maximum atomic E-state index is 2.52. The Balaban J connectivity index is 3.09. The molecule has 0 heterocycles. The van der Waals surface area contributed by atoms with Crippen molar-refractivity contribution in [3.63, 3.8) is 0 Å². The molecule has 0 aliphatic rings. The van der Waals surface area contributed by atoms with Crippen LogP contribution in [0.5, 0.6) is 0 Å². The van der Waals surface area contributed by atoms with E-state index in [9.17, 15) is 0 Å². The molecule has 0 aromatic rings. The maximum Gasteiger partial charge on any atom is -0.0255 e. The molecule has 106 valence electrons. The molecule has 0 aromatic carbocycles. The Hall–Kier alpha value is 0.350. The van der Waals surface area contributed by atoms with Crippen LogP contribution >= 0.6 is 10.9 Å². The van der Waals surface area contributed by atoms with Crippen LogP contribution in [0.4, 0.5) is 0 Å². The summed E-state index contributed by atoms with van der Waals surface area (Å²) >= 11 is 0. The Labute approximate surface area is 113 Å². The highest BCUT2D eigenvalue weighted by atomic mass is 32.2. The standard InChI is InChI=1S/C16H36S/c1-4-6-8-10-12-14-16-17(3)15-13-11-9-7-5-2/h17H,4-16H2,1-3H3. The van der Waals surface area contributed by atoms with Crippen LogP contribution in [-0.4, -0.2) is 17.8 Å². The summed E-state index contributed by atoms with van der Waals surface area (Å²) in [5.41, 5.74) is 0. The summed E-state index contributed by atoms with van der Waals surface area (Å²) in [4.78, 5) is 0. The van der Waals surface area contributed by atoms with Crippen molar-refractivity contribution in [2.75, 3.05) is 17.8 Å². The van der Waals surface area contributed by atoms with Crippen molar-refractivity contribution in [3.05, 3.63) is 0 Å². The van der Waals surface area contributed by atoms with Gasteiger partial charge in [-0.25, -0.2) is 0 Å². The van der Waals surface area contributed by atoms with E-state index >= 15 is 0 Å². The van der Waals surface area contributed by atoms with Crippen LogP contribution in [0, 0.1) is 0 Å². The first kappa shape index (κ1) is 17.4. The number of rotatable bonds is 13. The lowest BCUT2D eigenvalue weighted by atomic mass is 10.1. The van der Waals surface area contributed by atoms with Gasteiger partial charge >= 0.3 is 0 Å². The van der Waals surface area contributed by atoms with Crippen LogP contribution in [0.25, 0.3) is 0 Å². The molecule has 0 bridgehead atoms. The van der Waals surface area contributed by atoms with Gasteiger partial charge in [0.15, 0.2) is 0 Å². The van der Waals surface area contributed by atoms with Crippen molar-refractivity contribution in [1.82, 2.24) is 0 Å². The number of thiol groups is 1. The molecule has 0 N–H and O–H groups in total. The van der Waals surface area contributed by atoms with Gasteiger partial charge in [0, 0.05) is 0 Å². The lowest BCUT2D eigenvalue weighted by molar-refractivity contribution is 0.626. The number of unbranched alkanes of at least 4 members (excludes halogenated alkanes) is 9. The van der Waals surface area contributed by atoms with Crippen LogP contribution in [0.3, 0.4) is 0 Å². The van der Waals surface area contributed by atoms with E-state index < -0.39 is 0 Å². The van der Waals surface area contributed by atoms with Gasteiger partial charge in [0.05, 0.1) is 0 Å². The van der Waals surface area contributed by atoms with Crippen LogP contribution in [-0.2, 0) is 0 Å². The van der Waals surface area contributed by atoms with E-state index in [-0.39, 0.29) is 0 Å².